The van der Waals surface area contributed by atoms with Crippen molar-refractivity contribution in [2.45, 2.75) is 6.54 Å². The Hall–Kier alpha value is -1.16. The molecule has 1 aromatic heterocycles. The van der Waals surface area contributed by atoms with Crippen molar-refractivity contribution in [3.63, 3.8) is 0 Å². The van der Waals surface area contributed by atoms with Gasteiger partial charge >= 0.3 is 6.19 Å². The minimum Gasteiger partial charge on any atom is -0.772 e. The summed E-state index contributed by atoms with van der Waals surface area (Å²) in [6.45, 7) is 0.208. The normalized spacial score (nSPS) is 12.8. The molecular formula is C9H10ClN3O2S. The van der Waals surface area contributed by atoms with Crippen LogP contribution in [0.5, 0.6) is 5.75 Å². The molecule has 1 aromatic rings. The molecule has 16 heavy (non-hydrogen) atoms. The van der Waals surface area contributed by atoms with Crippen molar-refractivity contribution in [3.05, 3.63) is 23.0 Å². The van der Waals surface area contributed by atoms with Crippen LogP contribution in [0.4, 0.5) is 0 Å². The molecule has 0 aromatic carbocycles. The first kappa shape index (κ1) is 12.9. The lowest BCUT2D eigenvalue weighted by atomic mass is 10.3. The Morgan fingerprint density at radius 2 is 2.44 bits per heavy atom. The van der Waals surface area contributed by atoms with Crippen molar-refractivity contribution < 1.29 is 13.2 Å². The molecule has 1 atom stereocenters. The first-order valence-electron chi connectivity index (χ1n) is 4.27. The predicted molar refractivity (Wildman–Crippen MR) is 59.4 cm³/mol. The van der Waals surface area contributed by atoms with Crippen LogP contribution < -0.4 is 4.74 Å². The SMILES string of the molecule is COc1cc(C[N+](C#N)=S(C)[O-])cnc1Cl. The lowest BCUT2D eigenvalue weighted by Gasteiger charge is -2.08. The zero-order valence-electron chi connectivity index (χ0n) is 8.81. The van der Waals surface area contributed by atoms with E-state index in [1.807, 2.05) is 6.19 Å². The average molecular weight is 260 g/mol. The molecule has 1 heterocycles. The Balaban J connectivity index is 3.00. The topological polar surface area (TPSA) is 72.0 Å². The molecule has 0 bridgehead atoms. The molecule has 0 fully saturated rings. The van der Waals surface area contributed by atoms with Gasteiger partial charge in [-0.2, -0.15) is 3.95 Å². The summed E-state index contributed by atoms with van der Waals surface area (Å²) in [4.78, 5) is 3.90. The number of rotatable bonds is 3. The maximum Gasteiger partial charge on any atom is 0.464 e. The summed E-state index contributed by atoms with van der Waals surface area (Å²) in [5.41, 5.74) is 0.706. The summed E-state index contributed by atoms with van der Waals surface area (Å²) in [5, 5.41) is 9.00. The van der Waals surface area contributed by atoms with E-state index in [1.54, 1.807) is 6.07 Å². The number of pyridine rings is 1. The van der Waals surface area contributed by atoms with E-state index in [-0.39, 0.29) is 11.7 Å². The maximum atomic E-state index is 11.1. The number of methoxy groups -OCH3 is 1. The molecular weight excluding hydrogens is 250 g/mol. The number of hydrogen-bond donors (Lipinski definition) is 0. The monoisotopic (exact) mass is 259 g/mol. The van der Waals surface area contributed by atoms with Crippen molar-refractivity contribution in [1.29, 1.82) is 5.26 Å². The summed E-state index contributed by atoms with van der Waals surface area (Å²) >= 11 is 5.75. The second-order valence-electron chi connectivity index (χ2n) is 2.90. The van der Waals surface area contributed by atoms with Crippen molar-refractivity contribution in [2.24, 2.45) is 0 Å². The lowest BCUT2D eigenvalue weighted by Crippen LogP contribution is -2.10. The van der Waals surface area contributed by atoms with Crippen LogP contribution in [0.15, 0.2) is 12.3 Å². The van der Waals surface area contributed by atoms with E-state index in [4.69, 9.17) is 21.6 Å². The quantitative estimate of drug-likeness (QED) is 0.355. The van der Waals surface area contributed by atoms with Crippen LogP contribution >= 0.6 is 11.6 Å². The molecule has 1 unspecified atom stereocenters. The van der Waals surface area contributed by atoms with Gasteiger partial charge in [0.25, 0.3) is 0 Å². The van der Waals surface area contributed by atoms with E-state index < -0.39 is 11.0 Å². The first-order chi connectivity index (χ1) is 7.58. The van der Waals surface area contributed by atoms with E-state index in [2.05, 4.69) is 4.98 Å². The first-order valence-corrected chi connectivity index (χ1v) is 6.17. The van der Waals surface area contributed by atoms with Gasteiger partial charge in [-0.1, -0.05) is 11.6 Å². The predicted octanol–water partition coefficient (Wildman–Crippen LogP) is 1.30. The summed E-state index contributed by atoms with van der Waals surface area (Å²) in [6, 6.07) is 1.66. The maximum absolute atomic E-state index is 11.1. The molecule has 1 rings (SSSR count). The van der Waals surface area contributed by atoms with Gasteiger partial charge in [0.15, 0.2) is 16.2 Å². The summed E-state index contributed by atoms with van der Waals surface area (Å²) in [7, 11) is 0.132. The Bertz CT molecular complexity index is 466. The highest BCUT2D eigenvalue weighted by Gasteiger charge is 2.07. The van der Waals surface area contributed by atoms with Crippen LogP contribution in [-0.2, 0) is 17.5 Å². The standard InChI is InChI=1S/C9H10ClN3O2S/c1-15-8-3-7(4-12-9(8)10)5-13(6-11)16(2)14/h3-4H,5H2,1-2H3. The van der Waals surface area contributed by atoms with Gasteiger partial charge in [-0.15, -0.1) is 11.0 Å². The molecule has 0 aliphatic carbocycles. The van der Waals surface area contributed by atoms with Crippen molar-refractivity contribution in [1.82, 2.24) is 4.98 Å². The van der Waals surface area contributed by atoms with Gasteiger partial charge in [0.1, 0.15) is 6.54 Å². The lowest BCUT2D eigenvalue weighted by molar-refractivity contribution is -0.433. The largest absolute Gasteiger partial charge is 0.772 e. The van der Waals surface area contributed by atoms with Crippen LogP contribution in [0.1, 0.15) is 5.56 Å². The molecule has 7 heteroatoms. The summed E-state index contributed by atoms with van der Waals surface area (Å²) in [6.07, 6.45) is 4.78. The molecule has 0 aliphatic heterocycles. The average Bonchev–Trinajstić information content (AvgIpc) is 2.27. The number of aromatic nitrogens is 1. The van der Waals surface area contributed by atoms with E-state index in [1.165, 1.54) is 19.6 Å². The second-order valence-corrected chi connectivity index (χ2v) is 4.54. The number of nitrogens with zero attached hydrogens (tertiary/aromatic N) is 3. The molecule has 0 saturated carbocycles. The number of nitriles is 1. The van der Waals surface area contributed by atoms with Crippen LogP contribution in [-0.4, -0.2) is 26.8 Å². The summed E-state index contributed by atoms with van der Waals surface area (Å²) < 4.78 is 17.3. The second kappa shape index (κ2) is 5.80. The van der Waals surface area contributed by atoms with Gasteiger partial charge in [0.05, 0.1) is 7.11 Å². The molecule has 0 saturated heterocycles. The van der Waals surface area contributed by atoms with Crippen LogP contribution in [0.2, 0.25) is 5.15 Å². The van der Waals surface area contributed by atoms with Crippen molar-refractivity contribution in [3.8, 4) is 11.9 Å². The third kappa shape index (κ3) is 3.17. The van der Waals surface area contributed by atoms with Gasteiger partial charge in [0.2, 0.25) is 0 Å². The Morgan fingerprint density at radius 1 is 1.75 bits per heavy atom. The van der Waals surface area contributed by atoms with Gasteiger partial charge in [-0.3, -0.25) is 0 Å². The fourth-order valence-corrected chi connectivity index (χ4v) is 1.67. The zero-order valence-corrected chi connectivity index (χ0v) is 10.4. The van der Waals surface area contributed by atoms with Crippen molar-refractivity contribution >= 4 is 22.6 Å². The smallest absolute Gasteiger partial charge is 0.464 e. The Kier molecular flexibility index (Phi) is 4.68. The highest BCUT2D eigenvalue weighted by Crippen LogP contribution is 2.22. The zero-order chi connectivity index (χ0) is 12.1. The van der Waals surface area contributed by atoms with Crippen LogP contribution in [0.25, 0.3) is 0 Å². The highest BCUT2D eigenvalue weighted by atomic mass is 35.5. The van der Waals surface area contributed by atoms with Gasteiger partial charge < -0.3 is 9.29 Å². The molecule has 5 nitrogen and oxygen atoms in total. The van der Waals surface area contributed by atoms with E-state index in [9.17, 15) is 4.55 Å². The number of halogens is 1. The minimum absolute atomic E-state index is 0.208. The van der Waals surface area contributed by atoms with Gasteiger partial charge in [-0.05, 0) is 12.3 Å². The van der Waals surface area contributed by atoms with E-state index in [0.29, 0.717) is 11.3 Å². The van der Waals surface area contributed by atoms with Gasteiger partial charge in [0, 0.05) is 11.8 Å². The molecule has 86 valence electrons. The Labute approximate surface area is 101 Å². The van der Waals surface area contributed by atoms with Crippen LogP contribution in [0.3, 0.4) is 0 Å². The third-order valence-electron chi connectivity index (χ3n) is 1.83. The van der Waals surface area contributed by atoms with Gasteiger partial charge in [-0.25, -0.2) is 4.98 Å². The van der Waals surface area contributed by atoms with Crippen molar-refractivity contribution in [2.75, 3.05) is 13.4 Å². The van der Waals surface area contributed by atoms with E-state index in [0.717, 1.165) is 3.95 Å². The fourth-order valence-electron chi connectivity index (χ4n) is 1.05. The molecule has 0 amide bonds. The highest BCUT2D eigenvalue weighted by molar-refractivity contribution is 7.78. The summed E-state index contributed by atoms with van der Waals surface area (Å²) in [5.74, 6) is 0.430. The molecule has 0 spiro atoms. The number of hydrogen-bond acceptors (Lipinski definition) is 4. The minimum atomic E-state index is -1.35. The van der Waals surface area contributed by atoms with E-state index >= 15 is 0 Å². The molecule has 0 aliphatic rings. The third-order valence-corrected chi connectivity index (χ3v) is 2.95. The Morgan fingerprint density at radius 3 is 2.94 bits per heavy atom. The fraction of sp³-hybridized carbons (Fsp3) is 0.333. The number of ether oxygens (including phenoxy) is 1. The molecule has 0 N–H and O–H groups in total. The molecule has 0 radical (unpaired) electrons. The van der Waals surface area contributed by atoms with Crippen LogP contribution in [0, 0.1) is 11.5 Å².